The number of ketones is 1. The summed E-state index contributed by atoms with van der Waals surface area (Å²) in [4.78, 5) is 12.9. The van der Waals surface area contributed by atoms with E-state index in [9.17, 15) is 9.18 Å². The van der Waals surface area contributed by atoms with Gasteiger partial charge in [0.15, 0.2) is 10.9 Å². The van der Waals surface area contributed by atoms with E-state index in [0.717, 1.165) is 35.2 Å². The standard InChI is InChI=1S/C22H23FN4OS/c1-4-11-26-21(16-9-10-16)24-25-22(26)29-13-20(28)17-12-14(2)27(15(17)3)19-8-6-5-7-18(19)23/h4-8,12,16H,1,9-11,13H2,2-3H3. The van der Waals surface area contributed by atoms with Crippen molar-refractivity contribution in [2.45, 2.75) is 44.3 Å². The van der Waals surface area contributed by atoms with Crippen LogP contribution < -0.4 is 0 Å². The summed E-state index contributed by atoms with van der Waals surface area (Å²) in [5, 5.41) is 9.35. The molecule has 0 radical (unpaired) electrons. The van der Waals surface area contributed by atoms with Crippen LogP contribution in [0.3, 0.4) is 0 Å². The smallest absolute Gasteiger partial charge is 0.191 e. The summed E-state index contributed by atoms with van der Waals surface area (Å²) in [6, 6.07) is 8.42. The molecule has 1 saturated carbocycles. The van der Waals surface area contributed by atoms with Gasteiger partial charge in [0, 0.05) is 29.4 Å². The zero-order valence-electron chi connectivity index (χ0n) is 16.6. The Kier molecular flexibility index (Phi) is 5.41. The van der Waals surface area contributed by atoms with Gasteiger partial charge in [-0.3, -0.25) is 4.79 Å². The number of aryl methyl sites for hydroxylation is 1. The fraction of sp³-hybridized carbons (Fsp3) is 0.318. The van der Waals surface area contributed by atoms with Crippen LogP contribution in [0.5, 0.6) is 0 Å². The molecule has 1 aliphatic carbocycles. The highest BCUT2D eigenvalue weighted by molar-refractivity contribution is 7.99. The van der Waals surface area contributed by atoms with Gasteiger partial charge < -0.3 is 9.13 Å². The van der Waals surface area contributed by atoms with Crippen LogP contribution in [0.1, 0.15) is 46.3 Å². The van der Waals surface area contributed by atoms with E-state index < -0.39 is 0 Å². The number of rotatable bonds is 8. The van der Waals surface area contributed by atoms with Gasteiger partial charge >= 0.3 is 0 Å². The number of aromatic nitrogens is 4. The van der Waals surface area contributed by atoms with Crippen molar-refractivity contribution in [1.82, 2.24) is 19.3 Å². The Morgan fingerprint density at radius 2 is 2.07 bits per heavy atom. The number of carbonyl (C=O) groups is 1. The minimum atomic E-state index is -0.312. The van der Waals surface area contributed by atoms with Gasteiger partial charge in [-0.2, -0.15) is 0 Å². The van der Waals surface area contributed by atoms with E-state index >= 15 is 0 Å². The molecule has 1 aromatic carbocycles. The maximum Gasteiger partial charge on any atom is 0.191 e. The molecule has 0 amide bonds. The van der Waals surface area contributed by atoms with Gasteiger partial charge in [-0.05, 0) is 44.9 Å². The lowest BCUT2D eigenvalue weighted by molar-refractivity contribution is 0.102. The fourth-order valence-electron chi connectivity index (χ4n) is 3.61. The first kappa shape index (κ1) is 19.6. The lowest BCUT2D eigenvalue weighted by Crippen LogP contribution is -2.08. The van der Waals surface area contributed by atoms with E-state index in [1.165, 1.54) is 17.8 Å². The Bertz CT molecular complexity index is 1080. The summed E-state index contributed by atoms with van der Waals surface area (Å²) in [5.74, 6) is 1.39. The third-order valence-corrected chi connectivity index (χ3v) is 6.12. The predicted molar refractivity (Wildman–Crippen MR) is 112 cm³/mol. The van der Waals surface area contributed by atoms with Crippen LogP contribution >= 0.6 is 11.8 Å². The quantitative estimate of drug-likeness (QED) is 0.302. The Labute approximate surface area is 173 Å². The van der Waals surface area contributed by atoms with Crippen molar-refractivity contribution in [3.63, 3.8) is 0 Å². The minimum Gasteiger partial charge on any atom is -0.315 e. The third-order valence-electron chi connectivity index (χ3n) is 5.16. The summed E-state index contributed by atoms with van der Waals surface area (Å²) in [6.45, 7) is 8.18. The average Bonchev–Trinajstić information content (AvgIpc) is 3.40. The summed E-state index contributed by atoms with van der Waals surface area (Å²) >= 11 is 1.39. The summed E-state index contributed by atoms with van der Waals surface area (Å²) in [6.07, 6.45) is 4.10. The average molecular weight is 411 g/mol. The van der Waals surface area contributed by atoms with Crippen molar-refractivity contribution in [3.05, 3.63) is 71.6 Å². The van der Waals surface area contributed by atoms with E-state index in [1.807, 2.05) is 30.6 Å². The van der Waals surface area contributed by atoms with Crippen LogP contribution in [0, 0.1) is 19.7 Å². The van der Waals surface area contributed by atoms with Crippen molar-refractivity contribution in [2.75, 3.05) is 5.75 Å². The molecule has 29 heavy (non-hydrogen) atoms. The van der Waals surface area contributed by atoms with Crippen molar-refractivity contribution in [1.29, 1.82) is 0 Å². The zero-order chi connectivity index (χ0) is 20.5. The highest BCUT2D eigenvalue weighted by Crippen LogP contribution is 2.40. The molecule has 150 valence electrons. The maximum absolute atomic E-state index is 14.3. The molecule has 0 N–H and O–H groups in total. The Hall–Kier alpha value is -2.67. The molecule has 0 atom stereocenters. The second-order valence-electron chi connectivity index (χ2n) is 7.30. The minimum absolute atomic E-state index is 0.00758. The fourth-order valence-corrected chi connectivity index (χ4v) is 4.45. The van der Waals surface area contributed by atoms with Crippen molar-refractivity contribution in [2.24, 2.45) is 0 Å². The second-order valence-corrected chi connectivity index (χ2v) is 8.24. The Balaban J connectivity index is 1.55. The van der Waals surface area contributed by atoms with Crippen LogP contribution in [-0.2, 0) is 6.54 Å². The topological polar surface area (TPSA) is 52.7 Å². The molecule has 2 aromatic heterocycles. The lowest BCUT2D eigenvalue weighted by Gasteiger charge is -2.11. The van der Waals surface area contributed by atoms with Crippen LogP contribution in [0.15, 0.2) is 48.1 Å². The van der Waals surface area contributed by atoms with Gasteiger partial charge in [-0.1, -0.05) is 30.0 Å². The summed E-state index contributed by atoms with van der Waals surface area (Å²) in [7, 11) is 0. The first-order valence-corrected chi connectivity index (χ1v) is 10.6. The van der Waals surface area contributed by atoms with Gasteiger partial charge in [-0.25, -0.2) is 4.39 Å². The first-order valence-electron chi connectivity index (χ1n) is 9.65. The largest absolute Gasteiger partial charge is 0.315 e. The van der Waals surface area contributed by atoms with Crippen LogP contribution in [0.25, 0.3) is 5.69 Å². The van der Waals surface area contributed by atoms with E-state index in [0.29, 0.717) is 23.7 Å². The number of nitrogens with zero attached hydrogens (tertiary/aromatic N) is 4. The summed E-state index contributed by atoms with van der Waals surface area (Å²) in [5.41, 5.74) is 2.63. The summed E-state index contributed by atoms with van der Waals surface area (Å²) < 4.78 is 18.1. The van der Waals surface area contributed by atoms with E-state index in [1.54, 1.807) is 22.8 Å². The lowest BCUT2D eigenvalue weighted by atomic mass is 10.2. The maximum atomic E-state index is 14.3. The van der Waals surface area contributed by atoms with E-state index in [2.05, 4.69) is 16.8 Å². The second kappa shape index (κ2) is 7.99. The zero-order valence-corrected chi connectivity index (χ0v) is 17.4. The highest BCUT2D eigenvalue weighted by atomic mass is 32.2. The number of halogens is 1. The Morgan fingerprint density at radius 1 is 1.31 bits per heavy atom. The van der Waals surface area contributed by atoms with Crippen LogP contribution in [0.2, 0.25) is 0 Å². The predicted octanol–water partition coefficient (Wildman–Crippen LogP) is 4.86. The Morgan fingerprint density at radius 3 is 2.76 bits per heavy atom. The third kappa shape index (κ3) is 3.79. The molecule has 2 heterocycles. The molecule has 1 aliphatic rings. The normalized spacial score (nSPS) is 13.6. The SMILES string of the molecule is C=CCn1c(SCC(=O)c2cc(C)n(-c3ccccc3F)c2C)nnc1C1CC1. The number of allylic oxidation sites excluding steroid dienone is 1. The van der Waals surface area contributed by atoms with Crippen molar-refractivity contribution < 1.29 is 9.18 Å². The number of benzene rings is 1. The van der Waals surface area contributed by atoms with Crippen LogP contribution in [0.4, 0.5) is 4.39 Å². The van der Waals surface area contributed by atoms with E-state index in [-0.39, 0.29) is 17.4 Å². The van der Waals surface area contributed by atoms with Gasteiger partial charge in [0.05, 0.1) is 11.4 Å². The van der Waals surface area contributed by atoms with Gasteiger partial charge in [0.25, 0.3) is 0 Å². The van der Waals surface area contributed by atoms with Gasteiger partial charge in [-0.15, -0.1) is 16.8 Å². The molecule has 4 rings (SSSR count). The van der Waals surface area contributed by atoms with E-state index in [4.69, 9.17) is 0 Å². The molecular formula is C22H23FN4OS. The molecule has 0 aliphatic heterocycles. The van der Waals surface area contributed by atoms with Crippen LogP contribution in [-0.4, -0.2) is 30.9 Å². The number of thioether (sulfide) groups is 1. The molecule has 3 aromatic rings. The highest BCUT2D eigenvalue weighted by Gasteiger charge is 2.30. The number of Topliss-reactive ketones (excluding diaryl/α,β-unsaturated/α-hetero) is 1. The van der Waals surface area contributed by atoms with Gasteiger partial charge in [0.1, 0.15) is 11.6 Å². The molecule has 0 spiro atoms. The molecular weight excluding hydrogens is 387 g/mol. The molecule has 0 unspecified atom stereocenters. The molecule has 7 heteroatoms. The van der Waals surface area contributed by atoms with Crippen molar-refractivity contribution in [3.8, 4) is 5.69 Å². The number of hydrogen-bond acceptors (Lipinski definition) is 4. The van der Waals surface area contributed by atoms with Crippen molar-refractivity contribution >= 4 is 17.5 Å². The molecule has 0 saturated heterocycles. The molecule has 1 fully saturated rings. The number of carbonyl (C=O) groups excluding carboxylic acids is 1. The monoisotopic (exact) mass is 410 g/mol. The molecule has 5 nitrogen and oxygen atoms in total. The van der Waals surface area contributed by atoms with Gasteiger partial charge in [0.2, 0.25) is 0 Å². The molecule has 0 bridgehead atoms. The first-order chi connectivity index (χ1) is 14.0. The number of para-hydroxylation sites is 1. The number of hydrogen-bond donors (Lipinski definition) is 0.